The molecule has 3 rings (SSSR count). The lowest BCUT2D eigenvalue weighted by molar-refractivity contribution is 0.414. The van der Waals surface area contributed by atoms with Gasteiger partial charge in [0.1, 0.15) is 5.75 Å². The molecule has 0 radical (unpaired) electrons. The van der Waals surface area contributed by atoms with Crippen molar-refractivity contribution in [2.75, 3.05) is 7.11 Å². The van der Waals surface area contributed by atoms with Crippen LogP contribution in [0.4, 0.5) is 0 Å². The molecule has 2 N–H and O–H groups in total. The van der Waals surface area contributed by atoms with Gasteiger partial charge in [0, 0.05) is 18.0 Å². The number of methoxy groups -OCH3 is 1. The van der Waals surface area contributed by atoms with Crippen molar-refractivity contribution in [3.8, 4) is 22.6 Å². The Balaban J connectivity index is 2.02. The fourth-order valence-corrected chi connectivity index (χ4v) is 2.95. The summed E-state index contributed by atoms with van der Waals surface area (Å²) in [6.07, 6.45) is 1.70. The first kappa shape index (κ1) is 16.9. The van der Waals surface area contributed by atoms with Crippen molar-refractivity contribution in [2.45, 2.75) is 4.90 Å². The minimum Gasteiger partial charge on any atom is -0.497 e. The number of nitrogens with two attached hydrogens (primary N) is 1. The molecule has 2 aromatic carbocycles. The van der Waals surface area contributed by atoms with Crippen LogP contribution in [-0.4, -0.2) is 20.1 Å². The van der Waals surface area contributed by atoms with Gasteiger partial charge in [-0.15, -0.1) is 0 Å². The van der Waals surface area contributed by atoms with Crippen molar-refractivity contribution >= 4 is 10.0 Å². The van der Waals surface area contributed by atoms with Gasteiger partial charge in [0.05, 0.1) is 12.0 Å². The van der Waals surface area contributed by atoms with Crippen LogP contribution in [0.5, 0.6) is 5.75 Å². The number of primary sulfonamides is 1. The molecule has 1 heterocycles. The molecular weight excluding hydrogens is 340 g/mol. The Morgan fingerprint density at radius 1 is 0.880 bits per heavy atom. The van der Waals surface area contributed by atoms with E-state index in [1.165, 1.54) is 22.8 Å². The molecule has 0 saturated heterocycles. The molecule has 0 bridgehead atoms. The summed E-state index contributed by atoms with van der Waals surface area (Å²) < 4.78 is 29.3. The van der Waals surface area contributed by atoms with Crippen LogP contribution >= 0.6 is 0 Å². The summed E-state index contributed by atoms with van der Waals surface area (Å²) in [6, 6.07) is 16.4. The number of rotatable bonds is 4. The van der Waals surface area contributed by atoms with Gasteiger partial charge in [-0.25, -0.2) is 13.6 Å². The molecule has 0 aliphatic rings. The summed E-state index contributed by atoms with van der Waals surface area (Å²) in [6.45, 7) is 0. The Morgan fingerprint density at radius 2 is 1.48 bits per heavy atom. The van der Waals surface area contributed by atoms with E-state index >= 15 is 0 Å². The Bertz CT molecular complexity index is 1050. The van der Waals surface area contributed by atoms with Crippen LogP contribution in [0.2, 0.25) is 0 Å². The zero-order valence-corrected chi connectivity index (χ0v) is 14.2. The SMILES string of the molecule is COc1ccc(-n2cc(-c3ccc(S(N)(=O)=O)cc3)ccc2=O)cc1. The van der Waals surface area contributed by atoms with E-state index in [4.69, 9.17) is 9.88 Å². The van der Waals surface area contributed by atoms with Gasteiger partial charge in [-0.2, -0.15) is 0 Å². The van der Waals surface area contributed by atoms with Crippen molar-refractivity contribution in [2.24, 2.45) is 5.14 Å². The maximum atomic E-state index is 12.2. The Morgan fingerprint density at radius 3 is 2.04 bits per heavy atom. The van der Waals surface area contributed by atoms with E-state index in [9.17, 15) is 13.2 Å². The van der Waals surface area contributed by atoms with Gasteiger partial charge < -0.3 is 4.74 Å². The van der Waals surface area contributed by atoms with Crippen LogP contribution in [0.25, 0.3) is 16.8 Å². The van der Waals surface area contributed by atoms with Gasteiger partial charge in [-0.1, -0.05) is 12.1 Å². The fraction of sp³-hybridized carbons (Fsp3) is 0.0556. The van der Waals surface area contributed by atoms with Crippen LogP contribution in [-0.2, 0) is 10.0 Å². The highest BCUT2D eigenvalue weighted by molar-refractivity contribution is 7.89. The van der Waals surface area contributed by atoms with E-state index in [1.54, 1.807) is 55.8 Å². The molecular formula is C18H16N2O4S. The van der Waals surface area contributed by atoms with Crippen LogP contribution in [0, 0.1) is 0 Å². The molecule has 7 heteroatoms. The minimum atomic E-state index is -3.73. The molecule has 0 amide bonds. The summed E-state index contributed by atoms with van der Waals surface area (Å²) in [5, 5.41) is 5.11. The predicted octanol–water partition coefficient (Wildman–Crippen LogP) is 2.16. The number of nitrogens with zero attached hydrogens (tertiary/aromatic N) is 1. The molecule has 0 aliphatic heterocycles. The lowest BCUT2D eigenvalue weighted by Crippen LogP contribution is -2.16. The van der Waals surface area contributed by atoms with Crippen molar-refractivity contribution in [3.05, 3.63) is 77.2 Å². The number of sulfonamides is 1. The molecule has 0 unspecified atom stereocenters. The van der Waals surface area contributed by atoms with Gasteiger partial charge in [-0.05, 0) is 53.6 Å². The molecule has 0 atom stereocenters. The number of benzene rings is 2. The number of hydrogen-bond acceptors (Lipinski definition) is 4. The van der Waals surface area contributed by atoms with Crippen LogP contribution < -0.4 is 15.4 Å². The second kappa shape index (κ2) is 6.54. The number of ether oxygens (including phenoxy) is 1. The summed E-state index contributed by atoms with van der Waals surface area (Å²) in [4.78, 5) is 12.2. The normalized spacial score (nSPS) is 11.3. The third-order valence-corrected chi connectivity index (χ3v) is 4.71. The molecule has 0 saturated carbocycles. The van der Waals surface area contributed by atoms with Gasteiger partial charge in [0.2, 0.25) is 10.0 Å². The molecule has 0 spiro atoms. The monoisotopic (exact) mass is 356 g/mol. The second-order valence-corrected chi connectivity index (χ2v) is 6.95. The standard InChI is InChI=1S/C18H16N2O4S/c1-24-16-7-5-15(6-8-16)20-12-14(4-11-18(20)21)13-2-9-17(10-3-13)25(19,22)23/h2-12H,1H3,(H2,19,22,23). The van der Waals surface area contributed by atoms with E-state index in [0.29, 0.717) is 11.4 Å². The van der Waals surface area contributed by atoms with E-state index in [1.807, 2.05) is 0 Å². The fourth-order valence-electron chi connectivity index (χ4n) is 2.44. The molecule has 1 aromatic heterocycles. The lowest BCUT2D eigenvalue weighted by Gasteiger charge is -2.10. The highest BCUT2D eigenvalue weighted by Crippen LogP contribution is 2.21. The lowest BCUT2D eigenvalue weighted by atomic mass is 10.1. The molecule has 25 heavy (non-hydrogen) atoms. The quantitative estimate of drug-likeness (QED) is 0.775. The number of aromatic nitrogens is 1. The van der Waals surface area contributed by atoms with E-state index < -0.39 is 10.0 Å². The topological polar surface area (TPSA) is 91.4 Å². The Kier molecular flexibility index (Phi) is 4.43. The highest BCUT2D eigenvalue weighted by atomic mass is 32.2. The number of hydrogen-bond donors (Lipinski definition) is 1. The molecule has 6 nitrogen and oxygen atoms in total. The summed E-state index contributed by atoms with van der Waals surface area (Å²) in [5.41, 5.74) is 2.08. The molecule has 3 aromatic rings. The summed E-state index contributed by atoms with van der Waals surface area (Å²) >= 11 is 0. The van der Waals surface area contributed by atoms with Crippen LogP contribution in [0.3, 0.4) is 0 Å². The van der Waals surface area contributed by atoms with Gasteiger partial charge >= 0.3 is 0 Å². The maximum Gasteiger partial charge on any atom is 0.255 e. The van der Waals surface area contributed by atoms with Crippen molar-refractivity contribution in [3.63, 3.8) is 0 Å². The van der Waals surface area contributed by atoms with Crippen molar-refractivity contribution in [1.82, 2.24) is 4.57 Å². The predicted molar refractivity (Wildman–Crippen MR) is 95.4 cm³/mol. The summed E-state index contributed by atoms with van der Waals surface area (Å²) in [5.74, 6) is 0.700. The minimum absolute atomic E-state index is 0.0414. The molecule has 0 fully saturated rings. The highest BCUT2D eigenvalue weighted by Gasteiger charge is 2.08. The van der Waals surface area contributed by atoms with Gasteiger partial charge in [0.25, 0.3) is 5.56 Å². The van der Waals surface area contributed by atoms with Gasteiger partial charge in [-0.3, -0.25) is 9.36 Å². The Hall–Kier alpha value is -2.90. The third-order valence-electron chi connectivity index (χ3n) is 3.78. The van der Waals surface area contributed by atoms with Crippen LogP contribution in [0.1, 0.15) is 0 Å². The molecule has 128 valence electrons. The first-order valence-corrected chi connectivity index (χ1v) is 8.93. The summed E-state index contributed by atoms with van der Waals surface area (Å²) in [7, 11) is -2.16. The van der Waals surface area contributed by atoms with Gasteiger partial charge in [0.15, 0.2) is 0 Å². The van der Waals surface area contributed by atoms with E-state index in [0.717, 1.165) is 11.1 Å². The first-order chi connectivity index (χ1) is 11.9. The molecule has 0 aliphatic carbocycles. The van der Waals surface area contributed by atoms with Crippen molar-refractivity contribution in [1.29, 1.82) is 0 Å². The number of pyridine rings is 1. The third kappa shape index (κ3) is 3.62. The second-order valence-electron chi connectivity index (χ2n) is 5.39. The van der Waals surface area contributed by atoms with Crippen LogP contribution in [0.15, 0.2) is 76.6 Å². The average Bonchev–Trinajstić information content (AvgIpc) is 2.62. The average molecular weight is 356 g/mol. The Labute approximate surface area is 145 Å². The maximum absolute atomic E-state index is 12.2. The first-order valence-electron chi connectivity index (χ1n) is 7.39. The van der Waals surface area contributed by atoms with E-state index in [-0.39, 0.29) is 10.5 Å². The largest absolute Gasteiger partial charge is 0.497 e. The zero-order chi connectivity index (χ0) is 18.0. The van der Waals surface area contributed by atoms with Crippen molar-refractivity contribution < 1.29 is 13.2 Å². The smallest absolute Gasteiger partial charge is 0.255 e. The zero-order valence-electron chi connectivity index (χ0n) is 13.4. The van der Waals surface area contributed by atoms with E-state index in [2.05, 4.69) is 0 Å².